The number of amides is 1. The van der Waals surface area contributed by atoms with E-state index in [-0.39, 0.29) is 18.0 Å². The molecule has 1 aliphatic rings. The lowest BCUT2D eigenvalue weighted by Gasteiger charge is -2.26. The number of hydrogen-bond donors (Lipinski definition) is 1. The number of unbranched alkanes of at least 4 members (excludes halogenated alkanes) is 3. The van der Waals surface area contributed by atoms with Gasteiger partial charge in [-0.1, -0.05) is 67.9 Å². The average Bonchev–Trinajstić information content (AvgIpc) is 3.18. The Kier molecular flexibility index (Phi) is 11.1. The van der Waals surface area contributed by atoms with Gasteiger partial charge in [-0.05, 0) is 57.3 Å². The fourth-order valence-electron chi connectivity index (χ4n) is 3.90. The van der Waals surface area contributed by atoms with Crippen LogP contribution in [0.3, 0.4) is 0 Å². The van der Waals surface area contributed by atoms with Crippen LogP contribution in [0.1, 0.15) is 77.3 Å². The number of thioether (sulfide) groups is 1. The molecule has 1 aromatic rings. The van der Waals surface area contributed by atoms with Crippen LogP contribution < -0.4 is 5.32 Å². The molecular formula is C25H39N3OS. The van der Waals surface area contributed by atoms with Gasteiger partial charge in [-0.25, -0.2) is 4.99 Å². The predicted molar refractivity (Wildman–Crippen MR) is 131 cm³/mol. The number of aliphatic imine (C=N–C) groups is 1. The molecule has 1 aromatic carbocycles. The lowest BCUT2D eigenvalue weighted by atomic mass is 10.1. The molecule has 30 heavy (non-hydrogen) atoms. The summed E-state index contributed by atoms with van der Waals surface area (Å²) in [5.74, 6) is 1.13. The van der Waals surface area contributed by atoms with Crippen molar-refractivity contribution in [2.75, 3.05) is 12.3 Å². The third-order valence-electron chi connectivity index (χ3n) is 5.70. The van der Waals surface area contributed by atoms with Gasteiger partial charge in [0.2, 0.25) is 5.91 Å². The topological polar surface area (TPSA) is 44.7 Å². The van der Waals surface area contributed by atoms with E-state index in [4.69, 9.17) is 4.99 Å². The third-order valence-corrected chi connectivity index (χ3v) is 6.49. The summed E-state index contributed by atoms with van der Waals surface area (Å²) in [7, 11) is 0. The van der Waals surface area contributed by atoms with E-state index in [0.717, 1.165) is 62.4 Å². The van der Waals surface area contributed by atoms with Gasteiger partial charge in [0.05, 0.1) is 6.04 Å². The summed E-state index contributed by atoms with van der Waals surface area (Å²) in [4.78, 5) is 20.4. The molecule has 1 heterocycles. The Morgan fingerprint density at radius 1 is 1.33 bits per heavy atom. The number of nitrogens with zero attached hydrogens (tertiary/aromatic N) is 2. The van der Waals surface area contributed by atoms with Crippen LogP contribution in [0.15, 0.2) is 48.0 Å². The van der Waals surface area contributed by atoms with Crippen molar-refractivity contribution in [3.05, 3.63) is 48.6 Å². The molecule has 1 unspecified atom stereocenters. The molecule has 0 aliphatic carbocycles. The number of nitrogens with one attached hydrogen (secondary N) is 1. The van der Waals surface area contributed by atoms with Crippen LogP contribution in [-0.4, -0.2) is 40.4 Å². The Hall–Kier alpha value is -1.75. The van der Waals surface area contributed by atoms with E-state index in [1.165, 1.54) is 5.56 Å². The van der Waals surface area contributed by atoms with Gasteiger partial charge in [0.1, 0.15) is 6.04 Å². The van der Waals surface area contributed by atoms with E-state index in [1.54, 1.807) is 11.8 Å². The monoisotopic (exact) mass is 429 g/mol. The molecule has 0 radical (unpaired) electrons. The largest absolute Gasteiger partial charge is 0.358 e. The minimum Gasteiger partial charge on any atom is -0.358 e. The van der Waals surface area contributed by atoms with Crippen LogP contribution in [0.25, 0.3) is 0 Å². The minimum absolute atomic E-state index is 0.151. The Morgan fingerprint density at radius 2 is 2.10 bits per heavy atom. The zero-order valence-corrected chi connectivity index (χ0v) is 19.8. The predicted octanol–water partition coefficient (Wildman–Crippen LogP) is 5.96. The molecule has 1 N–H and O–H groups in total. The first-order valence-electron chi connectivity index (χ1n) is 11.5. The standard InChI is InChI=1S/C25H39N3OS/c1-5-7-8-9-13-18-23(24(29)28-19-14-15-20(28)3)27-25(30-6-2)26-21(4)22-16-11-10-12-17-22/h5,10-12,16-17,20-21,23H,1,6-9,13-15,18-19H2,2-4H3,(H,26,27)/t20-,21?,23+/m1/s1. The molecule has 3 atom stereocenters. The third kappa shape index (κ3) is 7.82. The van der Waals surface area contributed by atoms with Crippen molar-refractivity contribution in [1.29, 1.82) is 0 Å². The van der Waals surface area contributed by atoms with E-state index in [2.05, 4.69) is 56.9 Å². The van der Waals surface area contributed by atoms with E-state index in [9.17, 15) is 4.79 Å². The molecule has 5 heteroatoms. The van der Waals surface area contributed by atoms with Gasteiger partial charge in [0, 0.05) is 12.6 Å². The van der Waals surface area contributed by atoms with Crippen molar-refractivity contribution >= 4 is 22.8 Å². The second-order valence-corrected chi connectivity index (χ2v) is 9.36. The zero-order chi connectivity index (χ0) is 21.8. The first kappa shape index (κ1) is 24.5. The molecule has 4 nitrogen and oxygen atoms in total. The Balaban J connectivity index is 2.13. The van der Waals surface area contributed by atoms with E-state index in [1.807, 2.05) is 17.0 Å². The number of hydrogen-bond acceptors (Lipinski definition) is 3. The van der Waals surface area contributed by atoms with Crippen molar-refractivity contribution in [2.24, 2.45) is 4.99 Å². The summed E-state index contributed by atoms with van der Waals surface area (Å²) in [5.41, 5.74) is 1.22. The smallest absolute Gasteiger partial charge is 0.247 e. The maximum atomic E-state index is 13.3. The number of allylic oxidation sites excluding steroid dienone is 1. The van der Waals surface area contributed by atoms with Crippen LogP contribution in [-0.2, 0) is 4.79 Å². The number of likely N-dealkylation sites (tertiary alicyclic amines) is 1. The first-order valence-corrected chi connectivity index (χ1v) is 12.5. The summed E-state index contributed by atoms with van der Waals surface area (Å²) in [5, 5.41) is 4.44. The lowest BCUT2D eigenvalue weighted by Crippen LogP contribution is -2.41. The molecule has 1 fully saturated rings. The highest BCUT2D eigenvalue weighted by Gasteiger charge is 2.30. The Labute approximate surface area is 187 Å². The molecule has 1 aliphatic heterocycles. The van der Waals surface area contributed by atoms with Crippen molar-refractivity contribution in [1.82, 2.24) is 10.2 Å². The van der Waals surface area contributed by atoms with Gasteiger partial charge in [0.25, 0.3) is 0 Å². The van der Waals surface area contributed by atoms with Crippen LogP contribution in [0.4, 0.5) is 0 Å². The maximum absolute atomic E-state index is 13.3. The highest BCUT2D eigenvalue weighted by atomic mass is 32.2. The summed E-state index contributed by atoms with van der Waals surface area (Å²) in [6.07, 6.45) is 9.29. The molecule has 166 valence electrons. The van der Waals surface area contributed by atoms with Crippen molar-refractivity contribution in [2.45, 2.75) is 83.8 Å². The molecule has 0 aromatic heterocycles. The molecule has 0 bridgehead atoms. The number of benzene rings is 1. The maximum Gasteiger partial charge on any atom is 0.247 e. The molecular weight excluding hydrogens is 390 g/mol. The normalized spacial score (nSPS) is 18.8. The average molecular weight is 430 g/mol. The van der Waals surface area contributed by atoms with E-state index in [0.29, 0.717) is 6.04 Å². The second-order valence-electron chi connectivity index (χ2n) is 8.11. The molecule has 0 spiro atoms. The minimum atomic E-state index is -0.293. The van der Waals surface area contributed by atoms with E-state index >= 15 is 0 Å². The number of carbonyl (C=O) groups excluding carboxylic acids is 1. The molecule has 2 rings (SSSR count). The van der Waals surface area contributed by atoms with Gasteiger partial charge < -0.3 is 10.2 Å². The van der Waals surface area contributed by atoms with Crippen LogP contribution in [0.2, 0.25) is 0 Å². The fourth-order valence-corrected chi connectivity index (χ4v) is 4.64. The molecule has 0 saturated carbocycles. The molecule has 1 amide bonds. The molecule has 1 saturated heterocycles. The Bertz CT molecular complexity index is 676. The number of amidine groups is 1. The number of carbonyl (C=O) groups is 1. The van der Waals surface area contributed by atoms with Gasteiger partial charge in [0.15, 0.2) is 5.17 Å². The summed E-state index contributed by atoms with van der Waals surface area (Å²) in [6.45, 7) is 11.1. The summed E-state index contributed by atoms with van der Waals surface area (Å²) in [6, 6.07) is 10.6. The lowest BCUT2D eigenvalue weighted by molar-refractivity contribution is -0.133. The quantitative estimate of drug-likeness (QED) is 0.204. The summed E-state index contributed by atoms with van der Waals surface area (Å²) < 4.78 is 0. The van der Waals surface area contributed by atoms with Gasteiger partial charge in [-0.2, -0.15) is 0 Å². The summed E-state index contributed by atoms with van der Waals surface area (Å²) >= 11 is 1.69. The van der Waals surface area contributed by atoms with Gasteiger partial charge in [-0.15, -0.1) is 6.58 Å². The van der Waals surface area contributed by atoms with Crippen LogP contribution >= 0.6 is 11.8 Å². The van der Waals surface area contributed by atoms with Crippen LogP contribution in [0.5, 0.6) is 0 Å². The van der Waals surface area contributed by atoms with Crippen molar-refractivity contribution < 1.29 is 4.79 Å². The van der Waals surface area contributed by atoms with Crippen molar-refractivity contribution in [3.63, 3.8) is 0 Å². The first-order chi connectivity index (χ1) is 14.6. The highest BCUT2D eigenvalue weighted by Crippen LogP contribution is 2.22. The van der Waals surface area contributed by atoms with Crippen LogP contribution in [0, 0.1) is 0 Å². The number of rotatable bonds is 11. The van der Waals surface area contributed by atoms with Gasteiger partial charge >= 0.3 is 0 Å². The Morgan fingerprint density at radius 3 is 2.73 bits per heavy atom. The SMILES string of the molecule is C=CCCCCC[C@H](N=C(NC(C)c1ccccc1)SCC)C(=O)N1CCC[C@H]1C. The van der Waals surface area contributed by atoms with Crippen molar-refractivity contribution in [3.8, 4) is 0 Å². The zero-order valence-electron chi connectivity index (χ0n) is 19.0. The highest BCUT2D eigenvalue weighted by molar-refractivity contribution is 8.13. The van der Waals surface area contributed by atoms with Gasteiger partial charge in [-0.3, -0.25) is 4.79 Å². The fraction of sp³-hybridized carbons (Fsp3) is 0.600. The van der Waals surface area contributed by atoms with E-state index < -0.39 is 0 Å². The second kappa shape index (κ2) is 13.5.